The number of anilines is 2. The Morgan fingerprint density at radius 3 is 2.65 bits per heavy atom. The molecule has 0 atom stereocenters. The fraction of sp³-hybridized carbons (Fsp3) is 0.385. The van der Waals surface area contributed by atoms with Crippen molar-refractivity contribution in [1.29, 1.82) is 0 Å². The van der Waals surface area contributed by atoms with Gasteiger partial charge in [0, 0.05) is 12.2 Å². The third-order valence-electron chi connectivity index (χ3n) is 2.77. The van der Waals surface area contributed by atoms with Gasteiger partial charge in [0.05, 0.1) is 19.3 Å². The van der Waals surface area contributed by atoms with E-state index in [2.05, 4.69) is 19.9 Å². The molecule has 0 saturated heterocycles. The van der Waals surface area contributed by atoms with E-state index in [1.807, 2.05) is 36.9 Å². The average molecular weight is 274 g/mol. The number of methoxy groups -OCH3 is 1. The third kappa shape index (κ3) is 3.31. The normalized spacial score (nSPS) is 10.3. The molecule has 2 aromatic heterocycles. The zero-order valence-corrected chi connectivity index (χ0v) is 11.9. The SMILES string of the molecule is CCN(Cc1cccc(C)n1)c1nc(N)nc(OC)n1. The van der Waals surface area contributed by atoms with Crippen LogP contribution in [0.4, 0.5) is 11.9 Å². The molecule has 0 amide bonds. The predicted molar refractivity (Wildman–Crippen MR) is 76.5 cm³/mol. The highest BCUT2D eigenvalue weighted by molar-refractivity contribution is 5.36. The van der Waals surface area contributed by atoms with Crippen LogP contribution in [0.3, 0.4) is 0 Å². The molecular formula is C13H18N6O. The molecule has 0 aromatic carbocycles. The molecule has 0 aliphatic carbocycles. The molecule has 0 unspecified atom stereocenters. The molecule has 0 aliphatic rings. The summed E-state index contributed by atoms with van der Waals surface area (Å²) in [5, 5.41) is 0. The number of pyridine rings is 1. The molecule has 20 heavy (non-hydrogen) atoms. The lowest BCUT2D eigenvalue weighted by Gasteiger charge is -2.20. The van der Waals surface area contributed by atoms with Crippen LogP contribution >= 0.6 is 0 Å². The van der Waals surface area contributed by atoms with Gasteiger partial charge in [0.2, 0.25) is 11.9 Å². The summed E-state index contributed by atoms with van der Waals surface area (Å²) in [6.07, 6.45) is 0. The Morgan fingerprint density at radius 2 is 2.00 bits per heavy atom. The minimum absolute atomic E-state index is 0.141. The van der Waals surface area contributed by atoms with Crippen LogP contribution < -0.4 is 15.4 Å². The van der Waals surface area contributed by atoms with E-state index in [1.54, 1.807) is 0 Å². The maximum atomic E-state index is 5.66. The summed E-state index contributed by atoms with van der Waals surface area (Å²) in [6.45, 7) is 5.30. The van der Waals surface area contributed by atoms with Crippen LogP contribution in [0.1, 0.15) is 18.3 Å². The summed E-state index contributed by atoms with van der Waals surface area (Å²) in [4.78, 5) is 18.7. The number of aryl methyl sites for hydroxylation is 1. The van der Waals surface area contributed by atoms with Crippen molar-refractivity contribution in [2.75, 3.05) is 24.3 Å². The van der Waals surface area contributed by atoms with Crippen LogP contribution in [0.25, 0.3) is 0 Å². The minimum atomic E-state index is 0.141. The number of rotatable bonds is 5. The molecule has 2 heterocycles. The highest BCUT2D eigenvalue weighted by atomic mass is 16.5. The average Bonchev–Trinajstić information content (AvgIpc) is 2.44. The van der Waals surface area contributed by atoms with Crippen molar-refractivity contribution in [3.8, 4) is 6.01 Å². The van der Waals surface area contributed by atoms with Gasteiger partial charge in [0.15, 0.2) is 0 Å². The fourth-order valence-electron chi connectivity index (χ4n) is 1.80. The second-order valence-corrected chi connectivity index (χ2v) is 4.26. The van der Waals surface area contributed by atoms with Crippen LogP contribution in [0.2, 0.25) is 0 Å². The minimum Gasteiger partial charge on any atom is -0.467 e. The van der Waals surface area contributed by atoms with Crippen molar-refractivity contribution in [1.82, 2.24) is 19.9 Å². The molecule has 106 valence electrons. The third-order valence-corrected chi connectivity index (χ3v) is 2.77. The fourth-order valence-corrected chi connectivity index (χ4v) is 1.80. The molecule has 0 fully saturated rings. The number of nitrogens with zero attached hydrogens (tertiary/aromatic N) is 5. The number of ether oxygens (including phenoxy) is 1. The predicted octanol–water partition coefficient (Wildman–Crippen LogP) is 1.19. The Hall–Kier alpha value is -2.44. The van der Waals surface area contributed by atoms with E-state index >= 15 is 0 Å². The standard InChI is InChI=1S/C13H18N6O/c1-4-19(8-10-7-5-6-9(2)15-10)12-16-11(14)17-13(18-12)20-3/h5-7H,4,8H2,1-3H3,(H2,14,16,17,18). The van der Waals surface area contributed by atoms with Gasteiger partial charge in [-0.25, -0.2) is 0 Å². The monoisotopic (exact) mass is 274 g/mol. The molecule has 7 heteroatoms. The van der Waals surface area contributed by atoms with Crippen LogP contribution in [0.15, 0.2) is 18.2 Å². The molecule has 0 saturated carbocycles. The van der Waals surface area contributed by atoms with E-state index in [0.717, 1.165) is 17.9 Å². The molecular weight excluding hydrogens is 256 g/mol. The molecule has 0 radical (unpaired) electrons. The lowest BCUT2D eigenvalue weighted by Crippen LogP contribution is -2.25. The number of nitrogens with two attached hydrogens (primary N) is 1. The first-order chi connectivity index (χ1) is 9.62. The smallest absolute Gasteiger partial charge is 0.322 e. The van der Waals surface area contributed by atoms with E-state index in [9.17, 15) is 0 Å². The van der Waals surface area contributed by atoms with Gasteiger partial charge in [0.1, 0.15) is 0 Å². The van der Waals surface area contributed by atoms with Crippen molar-refractivity contribution >= 4 is 11.9 Å². The lowest BCUT2D eigenvalue weighted by atomic mass is 10.3. The summed E-state index contributed by atoms with van der Waals surface area (Å²) in [6, 6.07) is 6.12. The van der Waals surface area contributed by atoms with Gasteiger partial charge in [-0.3, -0.25) is 4.98 Å². The summed E-state index contributed by atoms with van der Waals surface area (Å²) in [7, 11) is 1.50. The molecule has 7 nitrogen and oxygen atoms in total. The largest absolute Gasteiger partial charge is 0.467 e. The van der Waals surface area contributed by atoms with Gasteiger partial charge in [-0.05, 0) is 26.0 Å². The van der Waals surface area contributed by atoms with Gasteiger partial charge < -0.3 is 15.4 Å². The van der Waals surface area contributed by atoms with Gasteiger partial charge in [-0.1, -0.05) is 6.07 Å². The number of nitrogen functional groups attached to an aromatic ring is 1. The Labute approximate surface area is 117 Å². The van der Waals surface area contributed by atoms with E-state index in [-0.39, 0.29) is 12.0 Å². The number of aromatic nitrogens is 4. The molecule has 2 rings (SSSR count). The topological polar surface area (TPSA) is 90.1 Å². The molecule has 0 aliphatic heterocycles. The first-order valence-electron chi connectivity index (χ1n) is 6.35. The lowest BCUT2D eigenvalue weighted by molar-refractivity contribution is 0.379. The quantitative estimate of drug-likeness (QED) is 0.875. The first kappa shape index (κ1) is 14.0. The van der Waals surface area contributed by atoms with Gasteiger partial charge in [-0.2, -0.15) is 15.0 Å². The summed E-state index contributed by atoms with van der Waals surface area (Å²) < 4.78 is 5.02. The van der Waals surface area contributed by atoms with E-state index in [0.29, 0.717) is 12.5 Å². The Bertz CT molecular complexity index is 589. The number of hydrogen-bond acceptors (Lipinski definition) is 7. The second kappa shape index (κ2) is 6.14. The highest BCUT2D eigenvalue weighted by Crippen LogP contribution is 2.15. The highest BCUT2D eigenvalue weighted by Gasteiger charge is 2.12. The Kier molecular flexibility index (Phi) is 4.29. The second-order valence-electron chi connectivity index (χ2n) is 4.26. The summed E-state index contributed by atoms with van der Waals surface area (Å²) in [5.74, 6) is 0.627. The zero-order chi connectivity index (χ0) is 14.5. The summed E-state index contributed by atoms with van der Waals surface area (Å²) in [5.41, 5.74) is 7.59. The van der Waals surface area contributed by atoms with Crippen LogP contribution in [0.5, 0.6) is 6.01 Å². The van der Waals surface area contributed by atoms with Gasteiger partial charge in [-0.15, -0.1) is 0 Å². The van der Waals surface area contributed by atoms with Crippen molar-refractivity contribution in [2.45, 2.75) is 20.4 Å². The molecule has 2 N–H and O–H groups in total. The van der Waals surface area contributed by atoms with Crippen LogP contribution in [0, 0.1) is 6.92 Å². The van der Waals surface area contributed by atoms with Crippen molar-refractivity contribution in [3.63, 3.8) is 0 Å². The van der Waals surface area contributed by atoms with Crippen molar-refractivity contribution in [2.24, 2.45) is 0 Å². The van der Waals surface area contributed by atoms with Gasteiger partial charge >= 0.3 is 6.01 Å². The van der Waals surface area contributed by atoms with Crippen LogP contribution in [-0.2, 0) is 6.54 Å². The van der Waals surface area contributed by atoms with E-state index in [1.165, 1.54) is 7.11 Å². The number of hydrogen-bond donors (Lipinski definition) is 1. The summed E-state index contributed by atoms with van der Waals surface area (Å²) >= 11 is 0. The van der Waals surface area contributed by atoms with Crippen molar-refractivity contribution < 1.29 is 4.74 Å². The molecule has 2 aromatic rings. The maximum absolute atomic E-state index is 5.66. The first-order valence-corrected chi connectivity index (χ1v) is 6.35. The Balaban J connectivity index is 2.26. The molecule has 0 spiro atoms. The molecule has 0 bridgehead atoms. The zero-order valence-electron chi connectivity index (χ0n) is 11.9. The van der Waals surface area contributed by atoms with E-state index in [4.69, 9.17) is 10.5 Å². The van der Waals surface area contributed by atoms with Crippen LogP contribution in [-0.4, -0.2) is 33.6 Å². The van der Waals surface area contributed by atoms with Crippen molar-refractivity contribution in [3.05, 3.63) is 29.6 Å². The van der Waals surface area contributed by atoms with Gasteiger partial charge in [0.25, 0.3) is 0 Å². The van der Waals surface area contributed by atoms with E-state index < -0.39 is 0 Å². The Morgan fingerprint density at radius 1 is 1.20 bits per heavy atom. The maximum Gasteiger partial charge on any atom is 0.322 e.